The minimum Gasteiger partial charge on any atom is -0.349 e. The van der Waals surface area contributed by atoms with E-state index in [0.717, 1.165) is 29.5 Å². The second kappa shape index (κ2) is 5.30. The Bertz CT molecular complexity index is 668. The van der Waals surface area contributed by atoms with Crippen molar-refractivity contribution in [2.75, 3.05) is 14.1 Å². The second-order valence-corrected chi connectivity index (χ2v) is 6.89. The van der Waals surface area contributed by atoms with Gasteiger partial charge in [0.25, 0.3) is 0 Å². The molecule has 0 bridgehead atoms. The fourth-order valence-electron chi connectivity index (χ4n) is 2.74. The number of carbonyl (C=O) groups is 1. The number of rotatable bonds is 2. The molecule has 1 aliphatic rings. The largest absolute Gasteiger partial charge is 0.349 e. The van der Waals surface area contributed by atoms with Crippen LogP contribution in [0.1, 0.15) is 23.3 Å². The predicted molar refractivity (Wildman–Crippen MR) is 81.3 cm³/mol. The van der Waals surface area contributed by atoms with E-state index in [2.05, 4.69) is 9.97 Å². The summed E-state index contributed by atoms with van der Waals surface area (Å²) in [6.07, 6.45) is 5.09. The lowest BCUT2D eigenvalue weighted by molar-refractivity contribution is -0.129. The molecule has 3 rings (SSSR count). The molecule has 1 atom stereocenters. The lowest BCUT2D eigenvalue weighted by Crippen LogP contribution is -2.26. The molecule has 1 unspecified atom stereocenters. The lowest BCUT2D eigenvalue weighted by Gasteiger charge is -2.23. The van der Waals surface area contributed by atoms with Crippen molar-refractivity contribution in [2.24, 2.45) is 5.92 Å². The van der Waals surface area contributed by atoms with Crippen molar-refractivity contribution < 1.29 is 4.79 Å². The van der Waals surface area contributed by atoms with Gasteiger partial charge in [-0.05, 0) is 30.7 Å². The number of aromatic nitrogens is 2. The smallest absolute Gasteiger partial charge is 0.222 e. The zero-order valence-electron chi connectivity index (χ0n) is 11.5. The molecule has 20 heavy (non-hydrogen) atoms. The molecule has 0 fully saturated rings. The molecule has 106 valence electrons. The molecule has 2 aromatic rings. The number of aryl methyl sites for hydroxylation is 1. The SMILES string of the molecule is CN(C)C(=O)CC1CCc2c(sc3ncnc(Cl)c23)C1. The number of hydrogen-bond acceptors (Lipinski definition) is 4. The van der Waals surface area contributed by atoms with E-state index in [4.69, 9.17) is 11.6 Å². The molecule has 0 N–H and O–H groups in total. The molecular weight excluding hydrogens is 294 g/mol. The molecule has 2 aromatic heterocycles. The van der Waals surface area contributed by atoms with Gasteiger partial charge in [0, 0.05) is 25.4 Å². The molecule has 0 aliphatic heterocycles. The van der Waals surface area contributed by atoms with Crippen molar-refractivity contribution in [1.82, 2.24) is 14.9 Å². The molecule has 0 radical (unpaired) electrons. The monoisotopic (exact) mass is 309 g/mol. The number of carbonyl (C=O) groups excluding carboxylic acids is 1. The summed E-state index contributed by atoms with van der Waals surface area (Å²) in [5, 5.41) is 1.57. The molecule has 1 aliphatic carbocycles. The van der Waals surface area contributed by atoms with Crippen LogP contribution in [0.5, 0.6) is 0 Å². The highest BCUT2D eigenvalue weighted by Gasteiger charge is 2.26. The average Bonchev–Trinajstić information content (AvgIpc) is 2.77. The quantitative estimate of drug-likeness (QED) is 0.801. The van der Waals surface area contributed by atoms with Crippen LogP contribution in [0.15, 0.2) is 6.33 Å². The maximum absolute atomic E-state index is 11.8. The average molecular weight is 310 g/mol. The highest BCUT2D eigenvalue weighted by Crippen LogP contribution is 2.40. The zero-order valence-corrected chi connectivity index (χ0v) is 13.1. The topological polar surface area (TPSA) is 46.1 Å². The summed E-state index contributed by atoms with van der Waals surface area (Å²) >= 11 is 7.89. The number of thiophene rings is 1. The Hall–Kier alpha value is -1.20. The van der Waals surface area contributed by atoms with Crippen molar-refractivity contribution in [2.45, 2.75) is 25.7 Å². The Morgan fingerprint density at radius 3 is 3.05 bits per heavy atom. The van der Waals surface area contributed by atoms with Gasteiger partial charge in [-0.15, -0.1) is 11.3 Å². The maximum atomic E-state index is 11.8. The van der Waals surface area contributed by atoms with Crippen molar-refractivity contribution in [1.29, 1.82) is 0 Å². The van der Waals surface area contributed by atoms with Crippen molar-refractivity contribution >= 4 is 39.1 Å². The minimum absolute atomic E-state index is 0.206. The number of fused-ring (bicyclic) bond motifs is 3. The van der Waals surface area contributed by atoms with Gasteiger partial charge in [-0.25, -0.2) is 9.97 Å². The molecule has 4 nitrogen and oxygen atoms in total. The Labute approximate surface area is 126 Å². The predicted octanol–water partition coefficient (Wildman–Crippen LogP) is 2.93. The van der Waals surface area contributed by atoms with Gasteiger partial charge < -0.3 is 4.90 Å². The second-order valence-electron chi connectivity index (χ2n) is 5.45. The van der Waals surface area contributed by atoms with Crippen LogP contribution >= 0.6 is 22.9 Å². The molecular formula is C14H16ClN3OS. The van der Waals surface area contributed by atoms with E-state index in [-0.39, 0.29) is 5.91 Å². The van der Waals surface area contributed by atoms with E-state index in [1.165, 1.54) is 16.8 Å². The number of nitrogens with zero attached hydrogens (tertiary/aromatic N) is 3. The van der Waals surface area contributed by atoms with Gasteiger partial charge in [-0.2, -0.15) is 0 Å². The van der Waals surface area contributed by atoms with Crippen molar-refractivity contribution in [3.63, 3.8) is 0 Å². The van der Waals surface area contributed by atoms with Crippen molar-refractivity contribution in [3.05, 3.63) is 21.9 Å². The standard InChI is InChI=1S/C14H16ClN3OS/c1-18(2)11(19)6-8-3-4-9-10(5-8)20-14-12(9)13(15)16-7-17-14/h7-8H,3-6H2,1-2H3. The normalized spacial score (nSPS) is 18.1. The molecule has 0 spiro atoms. The van der Waals surface area contributed by atoms with Crippen LogP contribution in [0.25, 0.3) is 10.2 Å². The van der Waals surface area contributed by atoms with Crippen LogP contribution < -0.4 is 0 Å². The lowest BCUT2D eigenvalue weighted by atomic mass is 9.85. The summed E-state index contributed by atoms with van der Waals surface area (Å²) in [6, 6.07) is 0. The zero-order chi connectivity index (χ0) is 14.3. The van der Waals surface area contributed by atoms with E-state index < -0.39 is 0 Å². The summed E-state index contributed by atoms with van der Waals surface area (Å²) in [7, 11) is 3.62. The van der Waals surface area contributed by atoms with E-state index in [9.17, 15) is 4.79 Å². The van der Waals surface area contributed by atoms with Gasteiger partial charge in [0.2, 0.25) is 5.91 Å². The van der Waals surface area contributed by atoms with Crippen LogP contribution in [-0.2, 0) is 17.6 Å². The van der Waals surface area contributed by atoms with E-state index >= 15 is 0 Å². The number of hydrogen-bond donors (Lipinski definition) is 0. The van der Waals surface area contributed by atoms with E-state index in [1.54, 1.807) is 16.2 Å². The van der Waals surface area contributed by atoms with Crippen LogP contribution in [-0.4, -0.2) is 34.9 Å². The molecule has 0 saturated carbocycles. The first kappa shape index (κ1) is 13.8. The Kier molecular flexibility index (Phi) is 3.65. The van der Waals surface area contributed by atoms with Crippen LogP contribution in [0.4, 0.5) is 0 Å². The van der Waals surface area contributed by atoms with E-state index in [1.807, 2.05) is 14.1 Å². The first-order valence-corrected chi connectivity index (χ1v) is 7.86. The summed E-state index contributed by atoms with van der Waals surface area (Å²) in [6.45, 7) is 0. The summed E-state index contributed by atoms with van der Waals surface area (Å²) in [5.74, 6) is 0.634. The first-order chi connectivity index (χ1) is 9.56. The van der Waals surface area contributed by atoms with Crippen molar-refractivity contribution in [3.8, 4) is 0 Å². The van der Waals surface area contributed by atoms with Gasteiger partial charge in [-0.3, -0.25) is 4.79 Å². The molecule has 0 aromatic carbocycles. The third-order valence-electron chi connectivity index (χ3n) is 3.86. The molecule has 2 heterocycles. The van der Waals surface area contributed by atoms with Gasteiger partial charge in [0.05, 0.1) is 5.39 Å². The van der Waals surface area contributed by atoms with Crippen LogP contribution in [0.2, 0.25) is 5.15 Å². The minimum atomic E-state index is 0.206. The highest BCUT2D eigenvalue weighted by molar-refractivity contribution is 7.19. The maximum Gasteiger partial charge on any atom is 0.222 e. The Morgan fingerprint density at radius 1 is 1.50 bits per heavy atom. The van der Waals surface area contributed by atoms with Gasteiger partial charge in [0.15, 0.2) is 0 Å². The number of halogens is 1. The highest BCUT2D eigenvalue weighted by atomic mass is 35.5. The Morgan fingerprint density at radius 2 is 2.30 bits per heavy atom. The fourth-order valence-corrected chi connectivity index (χ4v) is 4.35. The summed E-state index contributed by atoms with van der Waals surface area (Å²) in [5.41, 5.74) is 1.30. The van der Waals surface area contributed by atoms with Gasteiger partial charge >= 0.3 is 0 Å². The fraction of sp³-hybridized carbons (Fsp3) is 0.500. The van der Waals surface area contributed by atoms with Crippen LogP contribution in [0, 0.1) is 5.92 Å². The molecule has 0 saturated heterocycles. The van der Waals surface area contributed by atoms with Gasteiger partial charge in [0.1, 0.15) is 16.3 Å². The summed E-state index contributed by atoms with van der Waals surface area (Å²) < 4.78 is 0. The number of amides is 1. The first-order valence-electron chi connectivity index (χ1n) is 6.67. The van der Waals surface area contributed by atoms with Gasteiger partial charge in [-0.1, -0.05) is 11.6 Å². The Balaban J connectivity index is 1.87. The van der Waals surface area contributed by atoms with Crippen LogP contribution in [0.3, 0.4) is 0 Å². The molecule has 1 amide bonds. The summed E-state index contributed by atoms with van der Waals surface area (Å²) in [4.78, 5) is 24.2. The third kappa shape index (κ3) is 2.40. The third-order valence-corrected chi connectivity index (χ3v) is 5.31. The molecule has 6 heteroatoms. The van der Waals surface area contributed by atoms with E-state index in [0.29, 0.717) is 17.5 Å².